The number of hydrogen-bond donors (Lipinski definition) is 2. The number of nitrogen functional groups attached to an aromatic ring is 1. The highest BCUT2D eigenvalue weighted by molar-refractivity contribution is 5.96. The smallest absolute Gasteiger partial charge is 0.275 e. The first-order chi connectivity index (χ1) is 13.1. The van der Waals surface area contributed by atoms with E-state index in [4.69, 9.17) is 15.2 Å². The zero-order chi connectivity index (χ0) is 18.8. The highest BCUT2D eigenvalue weighted by atomic mass is 16.7. The summed E-state index contributed by atoms with van der Waals surface area (Å²) in [4.78, 5) is 12.4. The molecule has 3 N–H and O–H groups in total. The molecule has 0 bridgehead atoms. The van der Waals surface area contributed by atoms with Crippen LogP contribution in [-0.4, -0.2) is 27.7 Å². The van der Waals surface area contributed by atoms with E-state index < -0.39 is 0 Å². The second kappa shape index (κ2) is 6.99. The lowest BCUT2D eigenvalue weighted by molar-refractivity contribution is 0.0946. The van der Waals surface area contributed by atoms with Gasteiger partial charge in [0, 0.05) is 6.54 Å². The van der Waals surface area contributed by atoms with Gasteiger partial charge in [0.2, 0.25) is 6.79 Å². The Hall–Kier alpha value is -3.55. The predicted octanol–water partition coefficient (Wildman–Crippen LogP) is 1.88. The molecule has 3 aromatic rings. The van der Waals surface area contributed by atoms with E-state index in [9.17, 15) is 4.79 Å². The normalized spacial score (nSPS) is 12.2. The zero-order valence-corrected chi connectivity index (χ0v) is 14.8. The monoisotopic (exact) mass is 365 g/mol. The summed E-state index contributed by atoms with van der Waals surface area (Å²) in [7, 11) is 0. The number of nitrogens with zero attached hydrogens (tertiary/aromatic N) is 3. The van der Waals surface area contributed by atoms with Gasteiger partial charge >= 0.3 is 0 Å². The molecule has 1 amide bonds. The number of hydrogen-bond acceptors (Lipinski definition) is 6. The van der Waals surface area contributed by atoms with Gasteiger partial charge in [-0.15, -0.1) is 5.10 Å². The fourth-order valence-electron chi connectivity index (χ4n) is 2.78. The molecule has 4 rings (SSSR count). The van der Waals surface area contributed by atoms with Crippen LogP contribution in [0, 0.1) is 6.92 Å². The van der Waals surface area contributed by atoms with E-state index >= 15 is 0 Å². The van der Waals surface area contributed by atoms with Gasteiger partial charge in [-0.05, 0) is 30.2 Å². The Bertz CT molecular complexity index is 982. The van der Waals surface area contributed by atoms with Gasteiger partial charge in [0.1, 0.15) is 0 Å². The van der Waals surface area contributed by atoms with Gasteiger partial charge in [-0.1, -0.05) is 41.1 Å². The summed E-state index contributed by atoms with van der Waals surface area (Å²) in [5, 5.41) is 10.7. The highest BCUT2D eigenvalue weighted by Crippen LogP contribution is 2.32. The van der Waals surface area contributed by atoms with Crippen LogP contribution in [-0.2, 0) is 13.1 Å². The van der Waals surface area contributed by atoms with Crippen molar-refractivity contribution in [2.45, 2.75) is 20.0 Å². The lowest BCUT2D eigenvalue weighted by Crippen LogP contribution is -2.24. The van der Waals surface area contributed by atoms with Crippen LogP contribution in [0.1, 0.15) is 27.2 Å². The van der Waals surface area contributed by atoms with Crippen LogP contribution < -0.4 is 20.5 Å². The maximum absolute atomic E-state index is 12.4. The van der Waals surface area contributed by atoms with Gasteiger partial charge in [-0.2, -0.15) is 0 Å². The summed E-state index contributed by atoms with van der Waals surface area (Å²) in [6.45, 7) is 3.01. The minimum atomic E-state index is -0.375. The van der Waals surface area contributed by atoms with Crippen molar-refractivity contribution in [2.24, 2.45) is 0 Å². The Labute approximate surface area is 155 Å². The van der Waals surface area contributed by atoms with E-state index in [0.29, 0.717) is 24.6 Å². The number of carbonyl (C=O) groups excluding carboxylic acids is 1. The van der Waals surface area contributed by atoms with Crippen molar-refractivity contribution in [1.29, 1.82) is 0 Å². The van der Waals surface area contributed by atoms with E-state index in [-0.39, 0.29) is 24.2 Å². The quantitative estimate of drug-likeness (QED) is 0.715. The largest absolute Gasteiger partial charge is 0.454 e. The van der Waals surface area contributed by atoms with Crippen LogP contribution in [0.25, 0.3) is 0 Å². The minimum Gasteiger partial charge on any atom is -0.454 e. The highest BCUT2D eigenvalue weighted by Gasteiger charge is 2.18. The number of fused-ring (bicyclic) bond motifs is 1. The van der Waals surface area contributed by atoms with Gasteiger partial charge < -0.3 is 20.5 Å². The first-order valence-electron chi connectivity index (χ1n) is 8.51. The summed E-state index contributed by atoms with van der Waals surface area (Å²) < 4.78 is 12.1. The van der Waals surface area contributed by atoms with E-state index in [1.807, 2.05) is 49.4 Å². The molecule has 0 spiro atoms. The van der Waals surface area contributed by atoms with Crippen LogP contribution in [0.3, 0.4) is 0 Å². The van der Waals surface area contributed by atoms with Crippen molar-refractivity contribution in [3.8, 4) is 11.5 Å². The molecule has 1 aliphatic heterocycles. The van der Waals surface area contributed by atoms with Crippen LogP contribution >= 0.6 is 0 Å². The van der Waals surface area contributed by atoms with Crippen LogP contribution in [0.4, 0.5) is 5.82 Å². The van der Waals surface area contributed by atoms with E-state index in [1.165, 1.54) is 10.2 Å². The molecule has 0 fully saturated rings. The molecule has 0 unspecified atom stereocenters. The zero-order valence-electron chi connectivity index (χ0n) is 14.8. The third-order valence-electron chi connectivity index (χ3n) is 4.33. The summed E-state index contributed by atoms with van der Waals surface area (Å²) >= 11 is 0. The third kappa shape index (κ3) is 3.55. The van der Waals surface area contributed by atoms with Gasteiger partial charge in [0.15, 0.2) is 23.0 Å². The Kier molecular flexibility index (Phi) is 4.37. The summed E-state index contributed by atoms with van der Waals surface area (Å²) in [6.07, 6.45) is 0. The van der Waals surface area contributed by atoms with Crippen LogP contribution in [0.5, 0.6) is 11.5 Å². The third-order valence-corrected chi connectivity index (χ3v) is 4.33. The fraction of sp³-hybridized carbons (Fsp3) is 0.211. The molecule has 27 heavy (non-hydrogen) atoms. The number of benzene rings is 2. The number of nitrogens with one attached hydrogen (secondary N) is 1. The first-order valence-corrected chi connectivity index (χ1v) is 8.51. The van der Waals surface area contributed by atoms with Crippen molar-refractivity contribution in [3.05, 3.63) is 64.8 Å². The molecular weight excluding hydrogens is 346 g/mol. The second-order valence-corrected chi connectivity index (χ2v) is 6.34. The molecule has 0 saturated carbocycles. The maximum atomic E-state index is 12.4. The fourth-order valence-corrected chi connectivity index (χ4v) is 2.78. The molecule has 0 aliphatic carbocycles. The number of aromatic nitrogens is 3. The molecular formula is C19H19N5O3. The lowest BCUT2D eigenvalue weighted by atomic mass is 10.1. The average Bonchev–Trinajstić information content (AvgIpc) is 3.28. The van der Waals surface area contributed by atoms with Gasteiger partial charge in [0.05, 0.1) is 6.54 Å². The Morgan fingerprint density at radius 2 is 1.89 bits per heavy atom. The molecule has 1 aliphatic rings. The lowest BCUT2D eigenvalue weighted by Gasteiger charge is -2.06. The van der Waals surface area contributed by atoms with Crippen molar-refractivity contribution < 1.29 is 14.3 Å². The number of carbonyl (C=O) groups is 1. The maximum Gasteiger partial charge on any atom is 0.275 e. The molecule has 2 aromatic carbocycles. The van der Waals surface area contributed by atoms with E-state index in [0.717, 1.165) is 11.1 Å². The molecule has 0 saturated heterocycles. The van der Waals surface area contributed by atoms with Gasteiger partial charge in [-0.3, -0.25) is 4.79 Å². The molecule has 0 atom stereocenters. The van der Waals surface area contributed by atoms with E-state index in [1.54, 1.807) is 0 Å². The number of aryl methyl sites for hydroxylation is 1. The van der Waals surface area contributed by atoms with Crippen molar-refractivity contribution in [2.75, 3.05) is 12.5 Å². The first kappa shape index (κ1) is 16.9. The predicted molar refractivity (Wildman–Crippen MR) is 98.5 cm³/mol. The van der Waals surface area contributed by atoms with Crippen LogP contribution in [0.15, 0.2) is 42.5 Å². The number of rotatable bonds is 5. The standard InChI is InChI=1S/C19H19N5O3/c1-12-2-4-13(5-3-12)10-24-18(20)17(22-23-24)19(25)21-9-14-6-7-15-16(8-14)27-11-26-15/h2-8H,9-11,20H2,1H3,(H,21,25). The number of ether oxygens (including phenoxy) is 2. The van der Waals surface area contributed by atoms with Gasteiger partial charge in [0.25, 0.3) is 5.91 Å². The summed E-state index contributed by atoms with van der Waals surface area (Å²) in [6, 6.07) is 13.5. The summed E-state index contributed by atoms with van der Waals surface area (Å²) in [5.74, 6) is 1.23. The SMILES string of the molecule is Cc1ccc(Cn2nnc(C(=O)NCc3ccc4c(c3)OCO4)c2N)cc1. The second-order valence-electron chi connectivity index (χ2n) is 6.34. The molecule has 138 valence electrons. The van der Waals surface area contributed by atoms with Crippen LogP contribution in [0.2, 0.25) is 0 Å². The molecule has 2 heterocycles. The topological polar surface area (TPSA) is 104 Å². The van der Waals surface area contributed by atoms with Crippen molar-refractivity contribution in [3.63, 3.8) is 0 Å². The number of nitrogens with two attached hydrogens (primary N) is 1. The Balaban J connectivity index is 1.41. The number of amides is 1. The van der Waals surface area contributed by atoms with Gasteiger partial charge in [-0.25, -0.2) is 4.68 Å². The molecule has 8 heteroatoms. The molecule has 0 radical (unpaired) electrons. The average molecular weight is 365 g/mol. The molecule has 8 nitrogen and oxygen atoms in total. The molecule has 1 aromatic heterocycles. The van der Waals surface area contributed by atoms with Crippen molar-refractivity contribution >= 4 is 11.7 Å². The Morgan fingerprint density at radius 1 is 1.15 bits per heavy atom. The van der Waals surface area contributed by atoms with Crippen molar-refractivity contribution in [1.82, 2.24) is 20.3 Å². The number of anilines is 1. The Morgan fingerprint density at radius 3 is 2.70 bits per heavy atom. The summed E-state index contributed by atoms with van der Waals surface area (Å²) in [5.41, 5.74) is 9.27. The van der Waals surface area contributed by atoms with E-state index in [2.05, 4.69) is 15.6 Å². The minimum absolute atomic E-state index is 0.114.